The molecule has 0 bridgehead atoms. The molecule has 4 heterocycles. The van der Waals surface area contributed by atoms with E-state index in [0.29, 0.717) is 11.7 Å². The number of piperidine rings is 1. The van der Waals surface area contributed by atoms with Gasteiger partial charge in [-0.2, -0.15) is 0 Å². The quantitative estimate of drug-likeness (QED) is 0.748. The molecule has 1 aliphatic rings. The summed E-state index contributed by atoms with van der Waals surface area (Å²) >= 11 is 0. The van der Waals surface area contributed by atoms with E-state index in [4.69, 9.17) is 0 Å². The zero-order valence-electron chi connectivity index (χ0n) is 15.4. The Balaban J connectivity index is 1.51. The second-order valence-corrected chi connectivity index (χ2v) is 6.85. The Morgan fingerprint density at radius 2 is 1.96 bits per heavy atom. The molecule has 4 rings (SSSR count). The Labute approximate surface area is 159 Å². The molecule has 7 nitrogen and oxygen atoms in total. The van der Waals surface area contributed by atoms with Crippen molar-refractivity contribution in [2.24, 2.45) is 0 Å². The first kappa shape index (κ1) is 17.5. The average molecular weight is 361 g/mol. The summed E-state index contributed by atoms with van der Waals surface area (Å²) in [5.41, 5.74) is 3.38. The van der Waals surface area contributed by atoms with Gasteiger partial charge in [-0.05, 0) is 37.9 Å². The van der Waals surface area contributed by atoms with Crippen molar-refractivity contribution >= 4 is 11.6 Å². The SMILES string of the molecule is Cc1cccnc1CN1CCCC(c2nccnc2Nc2cnccn2)C1. The topological polar surface area (TPSA) is 79.7 Å². The molecule has 3 aromatic rings. The Hall–Kier alpha value is -2.93. The number of anilines is 2. The first-order valence-corrected chi connectivity index (χ1v) is 9.26. The van der Waals surface area contributed by atoms with Crippen LogP contribution >= 0.6 is 0 Å². The highest BCUT2D eigenvalue weighted by Crippen LogP contribution is 2.30. The number of hydrogen-bond donors (Lipinski definition) is 1. The maximum Gasteiger partial charge on any atom is 0.153 e. The minimum Gasteiger partial charge on any atom is -0.322 e. The van der Waals surface area contributed by atoms with Crippen LogP contribution in [-0.4, -0.2) is 42.9 Å². The van der Waals surface area contributed by atoms with Crippen LogP contribution in [0.3, 0.4) is 0 Å². The number of pyridine rings is 1. The summed E-state index contributed by atoms with van der Waals surface area (Å²) in [5, 5.41) is 3.27. The fourth-order valence-corrected chi connectivity index (χ4v) is 3.55. The lowest BCUT2D eigenvalue weighted by atomic mass is 9.94. The molecule has 1 unspecified atom stereocenters. The summed E-state index contributed by atoms with van der Waals surface area (Å²) in [6.07, 6.45) is 12.6. The van der Waals surface area contributed by atoms with Crippen molar-refractivity contribution in [2.75, 3.05) is 18.4 Å². The van der Waals surface area contributed by atoms with E-state index in [-0.39, 0.29) is 0 Å². The van der Waals surface area contributed by atoms with Crippen LogP contribution in [0, 0.1) is 6.92 Å². The van der Waals surface area contributed by atoms with Gasteiger partial charge in [0.25, 0.3) is 0 Å². The predicted molar refractivity (Wildman–Crippen MR) is 104 cm³/mol. The fourth-order valence-electron chi connectivity index (χ4n) is 3.55. The standard InChI is InChI=1S/C20H23N7/c1-15-4-2-6-22-17(15)14-27-11-3-5-16(13-27)19-20(25-10-9-24-19)26-18-12-21-7-8-23-18/h2,4,6-10,12,16H,3,5,11,13-14H2,1H3,(H,23,25,26). The molecule has 27 heavy (non-hydrogen) atoms. The summed E-state index contributed by atoms with van der Waals surface area (Å²) in [7, 11) is 0. The van der Waals surface area contributed by atoms with Crippen molar-refractivity contribution in [2.45, 2.75) is 32.2 Å². The van der Waals surface area contributed by atoms with Crippen molar-refractivity contribution in [1.29, 1.82) is 0 Å². The van der Waals surface area contributed by atoms with Crippen molar-refractivity contribution in [3.05, 3.63) is 66.3 Å². The molecule has 0 radical (unpaired) electrons. The lowest BCUT2D eigenvalue weighted by Crippen LogP contribution is -2.35. The molecule has 1 atom stereocenters. The van der Waals surface area contributed by atoms with Crippen LogP contribution in [0.15, 0.2) is 49.3 Å². The molecular formula is C20H23N7. The van der Waals surface area contributed by atoms with Crippen molar-refractivity contribution in [1.82, 2.24) is 29.8 Å². The van der Waals surface area contributed by atoms with E-state index in [2.05, 4.69) is 48.1 Å². The van der Waals surface area contributed by atoms with Gasteiger partial charge in [-0.15, -0.1) is 0 Å². The molecule has 3 aromatic heterocycles. The first-order valence-electron chi connectivity index (χ1n) is 9.26. The number of aryl methyl sites for hydroxylation is 1. The van der Waals surface area contributed by atoms with E-state index in [1.165, 1.54) is 5.56 Å². The molecule has 1 saturated heterocycles. The van der Waals surface area contributed by atoms with Crippen LogP contribution in [0.25, 0.3) is 0 Å². The molecule has 7 heteroatoms. The zero-order chi connectivity index (χ0) is 18.5. The monoisotopic (exact) mass is 361 g/mol. The van der Waals surface area contributed by atoms with Crippen LogP contribution in [0.1, 0.15) is 35.7 Å². The van der Waals surface area contributed by atoms with Crippen molar-refractivity contribution in [3.8, 4) is 0 Å². The van der Waals surface area contributed by atoms with Gasteiger partial charge in [0.1, 0.15) is 5.82 Å². The average Bonchev–Trinajstić information content (AvgIpc) is 2.71. The normalized spacial score (nSPS) is 17.6. The highest BCUT2D eigenvalue weighted by atomic mass is 15.1. The van der Waals surface area contributed by atoms with Gasteiger partial charge in [0, 0.05) is 50.0 Å². The molecule has 0 saturated carbocycles. The third-order valence-corrected chi connectivity index (χ3v) is 4.92. The van der Waals surface area contributed by atoms with Crippen LogP contribution in [-0.2, 0) is 6.54 Å². The minimum absolute atomic E-state index is 0.329. The zero-order valence-corrected chi connectivity index (χ0v) is 15.4. The number of rotatable bonds is 5. The van der Waals surface area contributed by atoms with Crippen LogP contribution < -0.4 is 5.32 Å². The van der Waals surface area contributed by atoms with Gasteiger partial charge in [0.15, 0.2) is 5.82 Å². The first-order chi connectivity index (χ1) is 13.3. The number of hydrogen-bond acceptors (Lipinski definition) is 7. The number of nitrogens with zero attached hydrogens (tertiary/aromatic N) is 6. The van der Waals surface area contributed by atoms with Gasteiger partial charge in [0.05, 0.1) is 17.6 Å². The molecule has 1 N–H and O–H groups in total. The van der Waals surface area contributed by atoms with Gasteiger partial charge in [-0.25, -0.2) is 9.97 Å². The highest BCUT2D eigenvalue weighted by molar-refractivity contribution is 5.53. The lowest BCUT2D eigenvalue weighted by Gasteiger charge is -2.32. The van der Waals surface area contributed by atoms with Gasteiger partial charge in [-0.1, -0.05) is 6.07 Å². The van der Waals surface area contributed by atoms with E-state index in [9.17, 15) is 0 Å². The van der Waals surface area contributed by atoms with Gasteiger partial charge >= 0.3 is 0 Å². The summed E-state index contributed by atoms with van der Waals surface area (Å²) in [5.74, 6) is 1.77. The van der Waals surface area contributed by atoms with E-state index < -0.39 is 0 Å². The Morgan fingerprint density at radius 3 is 2.81 bits per heavy atom. The fraction of sp³-hybridized carbons (Fsp3) is 0.350. The second kappa shape index (κ2) is 8.18. The maximum atomic E-state index is 4.64. The number of likely N-dealkylation sites (tertiary alicyclic amines) is 1. The largest absolute Gasteiger partial charge is 0.322 e. The number of nitrogens with one attached hydrogen (secondary N) is 1. The molecule has 1 aliphatic heterocycles. The molecule has 138 valence electrons. The van der Waals surface area contributed by atoms with E-state index >= 15 is 0 Å². The smallest absolute Gasteiger partial charge is 0.153 e. The molecule has 0 amide bonds. The maximum absolute atomic E-state index is 4.64. The second-order valence-electron chi connectivity index (χ2n) is 6.85. The van der Waals surface area contributed by atoms with Crippen LogP contribution in [0.4, 0.5) is 11.6 Å². The third-order valence-electron chi connectivity index (χ3n) is 4.92. The molecule has 1 fully saturated rings. The summed E-state index contributed by atoms with van der Waals surface area (Å²) in [6, 6.07) is 4.11. The van der Waals surface area contributed by atoms with Crippen molar-refractivity contribution in [3.63, 3.8) is 0 Å². The Morgan fingerprint density at radius 1 is 1.07 bits per heavy atom. The van der Waals surface area contributed by atoms with E-state index in [1.807, 2.05) is 12.3 Å². The molecule has 0 aromatic carbocycles. The molecule has 0 spiro atoms. The Bertz CT molecular complexity index is 884. The van der Waals surface area contributed by atoms with E-state index in [0.717, 1.165) is 49.7 Å². The van der Waals surface area contributed by atoms with Crippen LogP contribution in [0.2, 0.25) is 0 Å². The summed E-state index contributed by atoms with van der Waals surface area (Å²) in [4.78, 5) is 24.5. The van der Waals surface area contributed by atoms with E-state index in [1.54, 1.807) is 31.0 Å². The van der Waals surface area contributed by atoms with Gasteiger partial charge in [-0.3, -0.25) is 19.9 Å². The lowest BCUT2D eigenvalue weighted by molar-refractivity contribution is 0.196. The van der Waals surface area contributed by atoms with Crippen molar-refractivity contribution < 1.29 is 0 Å². The van der Waals surface area contributed by atoms with Crippen LogP contribution in [0.5, 0.6) is 0 Å². The van der Waals surface area contributed by atoms with Gasteiger partial charge < -0.3 is 5.32 Å². The molecule has 0 aliphatic carbocycles. The summed E-state index contributed by atoms with van der Waals surface area (Å²) < 4.78 is 0. The predicted octanol–water partition coefficient (Wildman–Crippen LogP) is 3.09. The third kappa shape index (κ3) is 4.25. The summed E-state index contributed by atoms with van der Waals surface area (Å²) in [6.45, 7) is 5.02. The van der Waals surface area contributed by atoms with Gasteiger partial charge in [0.2, 0.25) is 0 Å². The minimum atomic E-state index is 0.329. The molecular weight excluding hydrogens is 338 g/mol. The highest BCUT2D eigenvalue weighted by Gasteiger charge is 2.25. The number of aromatic nitrogens is 5. The Kier molecular flexibility index (Phi) is 5.29.